The van der Waals surface area contributed by atoms with Crippen molar-refractivity contribution in [3.8, 4) is 22.5 Å². The Balaban J connectivity index is 1.84. The normalized spacial score (nSPS) is 10.6. The molecule has 26 heavy (non-hydrogen) atoms. The van der Waals surface area contributed by atoms with Crippen LogP contribution in [0.5, 0.6) is 0 Å². The smallest absolute Gasteiger partial charge is 0.255 e. The molecular weight excluding hydrogens is 324 g/mol. The monoisotopic (exact) mass is 340 g/mol. The van der Waals surface area contributed by atoms with Crippen molar-refractivity contribution in [2.45, 2.75) is 0 Å². The van der Waals surface area contributed by atoms with Crippen molar-refractivity contribution in [2.24, 2.45) is 0 Å². The van der Waals surface area contributed by atoms with E-state index >= 15 is 0 Å². The summed E-state index contributed by atoms with van der Waals surface area (Å²) in [7, 11) is 0. The van der Waals surface area contributed by atoms with E-state index in [0.717, 1.165) is 22.5 Å². The number of aromatic nitrogens is 2. The summed E-state index contributed by atoms with van der Waals surface area (Å²) in [6, 6.07) is 25.6. The second-order valence-corrected chi connectivity index (χ2v) is 5.92. The molecule has 0 fully saturated rings. The number of pyridine rings is 2. The summed E-state index contributed by atoms with van der Waals surface area (Å²) >= 11 is 0. The Labute approximate surface area is 150 Å². The molecule has 126 valence electrons. The molecular formula is C22H16N2O2. The molecule has 0 atom stereocenters. The highest BCUT2D eigenvalue weighted by Crippen LogP contribution is 2.19. The number of hydrogen-bond donors (Lipinski definition) is 0. The molecule has 0 saturated heterocycles. The van der Waals surface area contributed by atoms with Crippen LogP contribution >= 0.6 is 0 Å². The summed E-state index contributed by atoms with van der Waals surface area (Å²) in [6.07, 6.45) is 3.60. The summed E-state index contributed by atoms with van der Waals surface area (Å²) in [5.41, 5.74) is 3.12. The molecule has 4 rings (SSSR count). The van der Waals surface area contributed by atoms with Crippen molar-refractivity contribution < 1.29 is 0 Å². The van der Waals surface area contributed by atoms with Gasteiger partial charge in [-0.2, -0.15) is 0 Å². The van der Waals surface area contributed by atoms with Gasteiger partial charge in [0.25, 0.3) is 11.1 Å². The molecule has 4 heteroatoms. The van der Waals surface area contributed by atoms with Crippen LogP contribution in [-0.2, 0) is 0 Å². The van der Waals surface area contributed by atoms with E-state index in [2.05, 4.69) is 0 Å². The van der Waals surface area contributed by atoms with Gasteiger partial charge < -0.3 is 0 Å². The zero-order valence-corrected chi connectivity index (χ0v) is 13.9. The molecule has 0 bridgehead atoms. The molecule has 0 N–H and O–H groups in total. The van der Waals surface area contributed by atoms with Crippen molar-refractivity contribution in [3.05, 3.63) is 118 Å². The third-order valence-electron chi connectivity index (χ3n) is 4.22. The molecule has 0 aliphatic heterocycles. The predicted octanol–water partition coefficient (Wildman–Crippen LogP) is 3.66. The first-order valence-corrected chi connectivity index (χ1v) is 8.29. The zero-order valence-electron chi connectivity index (χ0n) is 13.9. The molecule has 2 aromatic carbocycles. The highest BCUT2D eigenvalue weighted by atomic mass is 16.1. The molecule has 4 nitrogen and oxygen atoms in total. The molecule has 0 saturated carbocycles. The lowest BCUT2D eigenvalue weighted by Crippen LogP contribution is -2.18. The van der Waals surface area contributed by atoms with Crippen LogP contribution in [0.2, 0.25) is 0 Å². The summed E-state index contributed by atoms with van der Waals surface area (Å²) in [5.74, 6) is 0. The summed E-state index contributed by atoms with van der Waals surface area (Å²) in [6.45, 7) is 0. The van der Waals surface area contributed by atoms with Gasteiger partial charge in [-0.05, 0) is 36.4 Å². The molecule has 0 amide bonds. The number of nitrogens with zero attached hydrogens (tertiary/aromatic N) is 2. The summed E-state index contributed by atoms with van der Waals surface area (Å²) in [5, 5.41) is 0. The van der Waals surface area contributed by atoms with Crippen LogP contribution in [0, 0.1) is 0 Å². The van der Waals surface area contributed by atoms with Crippen molar-refractivity contribution in [1.82, 2.24) is 9.13 Å². The van der Waals surface area contributed by atoms with Gasteiger partial charge in [0.05, 0.1) is 0 Å². The van der Waals surface area contributed by atoms with Crippen molar-refractivity contribution in [1.29, 1.82) is 0 Å². The fourth-order valence-corrected chi connectivity index (χ4v) is 2.90. The number of hydrogen-bond acceptors (Lipinski definition) is 2. The van der Waals surface area contributed by atoms with E-state index in [-0.39, 0.29) is 11.1 Å². The molecule has 2 aromatic heterocycles. The van der Waals surface area contributed by atoms with Crippen LogP contribution in [0.4, 0.5) is 0 Å². The van der Waals surface area contributed by atoms with Gasteiger partial charge in [-0.25, -0.2) is 0 Å². The van der Waals surface area contributed by atoms with Gasteiger partial charge >= 0.3 is 0 Å². The van der Waals surface area contributed by atoms with E-state index in [0.29, 0.717) is 0 Å². The topological polar surface area (TPSA) is 44.0 Å². The molecule has 0 unspecified atom stereocenters. The van der Waals surface area contributed by atoms with Crippen LogP contribution in [0.25, 0.3) is 22.5 Å². The maximum atomic E-state index is 12.3. The van der Waals surface area contributed by atoms with Gasteiger partial charge in [-0.3, -0.25) is 18.7 Å². The van der Waals surface area contributed by atoms with Crippen molar-refractivity contribution in [3.63, 3.8) is 0 Å². The van der Waals surface area contributed by atoms with Crippen LogP contribution in [0.15, 0.2) is 107 Å². The van der Waals surface area contributed by atoms with Crippen LogP contribution < -0.4 is 11.1 Å². The highest BCUT2D eigenvalue weighted by Gasteiger charge is 2.06. The SMILES string of the molecule is O=c1ccc(-c2ccc(=O)n(-c3ccccc3)c2)cn1-c1ccccc1. The molecule has 0 radical (unpaired) electrons. The Kier molecular flexibility index (Phi) is 4.07. The van der Waals surface area contributed by atoms with Crippen molar-refractivity contribution in [2.75, 3.05) is 0 Å². The van der Waals surface area contributed by atoms with Gasteiger partial charge in [-0.1, -0.05) is 36.4 Å². The number of rotatable bonds is 3. The highest BCUT2D eigenvalue weighted by molar-refractivity contribution is 5.62. The number of benzene rings is 2. The maximum Gasteiger partial charge on any atom is 0.255 e. The molecule has 2 heterocycles. The van der Waals surface area contributed by atoms with Gasteiger partial charge in [-0.15, -0.1) is 0 Å². The lowest BCUT2D eigenvalue weighted by molar-refractivity contribution is 0.979. The lowest BCUT2D eigenvalue weighted by Gasteiger charge is -2.11. The van der Waals surface area contributed by atoms with E-state index in [9.17, 15) is 9.59 Å². The molecule has 0 spiro atoms. The second-order valence-electron chi connectivity index (χ2n) is 5.92. The van der Waals surface area contributed by atoms with Crippen LogP contribution in [0.1, 0.15) is 0 Å². The first-order valence-electron chi connectivity index (χ1n) is 8.29. The fourth-order valence-electron chi connectivity index (χ4n) is 2.90. The average molecular weight is 340 g/mol. The van der Waals surface area contributed by atoms with E-state index in [1.54, 1.807) is 45.8 Å². The van der Waals surface area contributed by atoms with E-state index < -0.39 is 0 Å². The third-order valence-corrected chi connectivity index (χ3v) is 4.22. The largest absolute Gasteiger partial charge is 0.284 e. The first-order chi connectivity index (χ1) is 12.7. The van der Waals surface area contributed by atoms with Gasteiger partial charge in [0.1, 0.15) is 0 Å². The Morgan fingerprint density at radius 1 is 0.462 bits per heavy atom. The average Bonchev–Trinajstić information content (AvgIpc) is 2.70. The zero-order chi connectivity index (χ0) is 17.9. The number of para-hydroxylation sites is 2. The molecule has 0 aliphatic rings. The predicted molar refractivity (Wildman–Crippen MR) is 103 cm³/mol. The van der Waals surface area contributed by atoms with Gasteiger partial charge in [0.15, 0.2) is 0 Å². The maximum absolute atomic E-state index is 12.3. The van der Waals surface area contributed by atoms with Crippen molar-refractivity contribution >= 4 is 0 Å². The third kappa shape index (κ3) is 3.00. The first kappa shape index (κ1) is 15.8. The van der Waals surface area contributed by atoms with Gasteiger partial charge in [0, 0.05) is 47.0 Å². The van der Waals surface area contributed by atoms with Crippen LogP contribution in [0.3, 0.4) is 0 Å². The summed E-state index contributed by atoms with van der Waals surface area (Å²) in [4.78, 5) is 24.5. The summed E-state index contributed by atoms with van der Waals surface area (Å²) < 4.78 is 3.21. The Morgan fingerprint density at radius 3 is 1.23 bits per heavy atom. The van der Waals surface area contributed by atoms with E-state index in [1.165, 1.54) is 0 Å². The minimum absolute atomic E-state index is 0.101. The molecule has 0 aliphatic carbocycles. The Bertz CT molecular complexity index is 1060. The standard InChI is InChI=1S/C22H16N2O2/c25-21-13-11-17(15-23(21)19-7-3-1-4-8-19)18-12-14-22(26)24(16-18)20-9-5-2-6-10-20/h1-16H. The minimum atomic E-state index is -0.101. The minimum Gasteiger partial charge on any atom is -0.284 e. The quantitative estimate of drug-likeness (QED) is 0.571. The van der Waals surface area contributed by atoms with Gasteiger partial charge in [0.2, 0.25) is 0 Å². The van der Waals surface area contributed by atoms with E-state index in [4.69, 9.17) is 0 Å². The Hall–Kier alpha value is -3.66. The second kappa shape index (κ2) is 6.69. The fraction of sp³-hybridized carbons (Fsp3) is 0. The molecule has 4 aromatic rings. The van der Waals surface area contributed by atoms with E-state index in [1.807, 2.05) is 60.7 Å². The lowest BCUT2D eigenvalue weighted by atomic mass is 10.1. The Morgan fingerprint density at radius 2 is 0.846 bits per heavy atom. The van der Waals surface area contributed by atoms with Crippen LogP contribution in [-0.4, -0.2) is 9.13 Å².